The Labute approximate surface area is 228 Å². The van der Waals surface area contributed by atoms with Gasteiger partial charge in [-0.25, -0.2) is 15.0 Å². The van der Waals surface area contributed by atoms with Crippen molar-refractivity contribution in [1.29, 1.82) is 0 Å². The van der Waals surface area contributed by atoms with Crippen molar-refractivity contribution in [2.24, 2.45) is 0 Å². The summed E-state index contributed by atoms with van der Waals surface area (Å²) in [6.45, 7) is 0. The van der Waals surface area contributed by atoms with Crippen LogP contribution in [-0.2, 0) is 0 Å². The molecule has 0 atom stereocenters. The average molecular weight is 512 g/mol. The van der Waals surface area contributed by atoms with Crippen LogP contribution in [0, 0.1) is 0 Å². The van der Waals surface area contributed by atoms with Crippen LogP contribution in [0.2, 0.25) is 0 Å². The number of nitrogens with zero attached hydrogens (tertiary/aromatic N) is 5. The van der Waals surface area contributed by atoms with Crippen molar-refractivity contribution in [3.63, 3.8) is 0 Å². The molecule has 4 aromatic heterocycles. The highest BCUT2D eigenvalue weighted by molar-refractivity contribution is 6.23. The number of hydrogen-bond acceptors (Lipinski definition) is 3. The molecule has 0 aliphatic heterocycles. The molecule has 0 radical (unpaired) electrons. The molecule has 5 nitrogen and oxygen atoms in total. The number of pyridine rings is 1. The Balaban J connectivity index is 1.48. The fourth-order valence-electron chi connectivity index (χ4n) is 6.14. The van der Waals surface area contributed by atoms with E-state index in [1.54, 1.807) is 0 Å². The summed E-state index contributed by atoms with van der Waals surface area (Å²) in [6.07, 6.45) is 2.07. The molecule has 0 bridgehead atoms. The fourth-order valence-corrected chi connectivity index (χ4v) is 6.14. The van der Waals surface area contributed by atoms with Crippen LogP contribution < -0.4 is 0 Å². The highest BCUT2D eigenvalue weighted by atomic mass is 15.2. The van der Waals surface area contributed by atoms with E-state index >= 15 is 0 Å². The first-order valence-electron chi connectivity index (χ1n) is 13.4. The van der Waals surface area contributed by atoms with E-state index in [4.69, 9.17) is 15.0 Å². The van der Waals surface area contributed by atoms with E-state index in [1.807, 2.05) is 36.4 Å². The topological polar surface area (TPSA) is 48.0 Å². The maximum Gasteiger partial charge on any atom is 0.235 e. The van der Waals surface area contributed by atoms with Crippen molar-refractivity contribution in [2.45, 2.75) is 0 Å². The third-order valence-corrected chi connectivity index (χ3v) is 7.92. The van der Waals surface area contributed by atoms with E-state index in [0.29, 0.717) is 5.95 Å². The molecule has 0 aliphatic rings. The molecule has 0 unspecified atom stereocenters. The second kappa shape index (κ2) is 7.98. The predicted octanol–water partition coefficient (Wildman–Crippen LogP) is 8.35. The molecule has 0 fully saturated rings. The summed E-state index contributed by atoms with van der Waals surface area (Å²) in [7, 11) is 0. The van der Waals surface area contributed by atoms with Gasteiger partial charge >= 0.3 is 0 Å². The molecule has 186 valence electrons. The van der Waals surface area contributed by atoms with Crippen molar-refractivity contribution >= 4 is 60.2 Å². The maximum atomic E-state index is 5.25. The Hall–Kier alpha value is -5.55. The zero-order chi connectivity index (χ0) is 26.2. The molecule has 0 amide bonds. The number of hydrogen-bond donors (Lipinski definition) is 0. The van der Waals surface area contributed by atoms with Gasteiger partial charge in [-0.15, -0.1) is 0 Å². The van der Waals surface area contributed by atoms with Crippen molar-refractivity contribution in [3.8, 4) is 17.2 Å². The summed E-state index contributed by atoms with van der Waals surface area (Å²) in [4.78, 5) is 15.3. The first-order chi connectivity index (χ1) is 19.8. The highest BCUT2D eigenvalue weighted by Crippen LogP contribution is 2.39. The second-order valence-corrected chi connectivity index (χ2v) is 10.2. The molecule has 0 saturated heterocycles. The zero-order valence-electron chi connectivity index (χ0n) is 21.4. The quantitative estimate of drug-likeness (QED) is 0.234. The summed E-state index contributed by atoms with van der Waals surface area (Å²) in [5.41, 5.74) is 7.99. The van der Waals surface area contributed by atoms with Gasteiger partial charge < -0.3 is 0 Å². The Morgan fingerprint density at radius 3 is 2.23 bits per heavy atom. The van der Waals surface area contributed by atoms with E-state index in [2.05, 4.69) is 100 Å². The number of imidazole rings is 1. The van der Waals surface area contributed by atoms with Crippen molar-refractivity contribution in [2.75, 3.05) is 0 Å². The zero-order valence-corrected chi connectivity index (χ0v) is 21.4. The Morgan fingerprint density at radius 2 is 1.30 bits per heavy atom. The Morgan fingerprint density at radius 1 is 0.500 bits per heavy atom. The molecule has 9 aromatic rings. The summed E-state index contributed by atoms with van der Waals surface area (Å²) < 4.78 is 4.36. The molecular formula is C35H21N5. The third kappa shape index (κ3) is 2.94. The van der Waals surface area contributed by atoms with Gasteiger partial charge in [-0.2, -0.15) is 0 Å². The van der Waals surface area contributed by atoms with Gasteiger partial charge in [0.05, 0.1) is 33.3 Å². The summed E-state index contributed by atoms with van der Waals surface area (Å²) in [6, 6.07) is 42.1. The van der Waals surface area contributed by atoms with Crippen molar-refractivity contribution in [1.82, 2.24) is 23.9 Å². The lowest BCUT2D eigenvalue weighted by Gasteiger charge is -2.12. The molecule has 0 N–H and O–H groups in total. The van der Waals surface area contributed by atoms with Gasteiger partial charge in [-0.1, -0.05) is 84.9 Å². The highest BCUT2D eigenvalue weighted by Gasteiger charge is 2.20. The molecule has 5 aromatic carbocycles. The van der Waals surface area contributed by atoms with Crippen LogP contribution in [-0.4, -0.2) is 23.9 Å². The van der Waals surface area contributed by atoms with Crippen molar-refractivity contribution in [3.05, 3.63) is 128 Å². The first kappa shape index (κ1) is 21.4. The van der Waals surface area contributed by atoms with Crippen LogP contribution in [0.4, 0.5) is 0 Å². The lowest BCUT2D eigenvalue weighted by molar-refractivity contribution is 1.01. The van der Waals surface area contributed by atoms with E-state index in [0.717, 1.165) is 55.3 Å². The van der Waals surface area contributed by atoms with Gasteiger partial charge in [0.25, 0.3) is 0 Å². The smallest absolute Gasteiger partial charge is 0.235 e. The largest absolute Gasteiger partial charge is 0.300 e. The van der Waals surface area contributed by atoms with Gasteiger partial charge in [0.15, 0.2) is 0 Å². The standard InChI is InChI=1S/C35H21N5/c1-2-11-23(12-3-1)34-25-14-6-7-15-27(25)37-35(38-34)40-29-18-17-22-10-4-5-13-24(22)33(29)26-20-28-31(21-30(26)40)39-19-9-8-16-32(39)36-28/h1-21H. The maximum absolute atomic E-state index is 5.25. The van der Waals surface area contributed by atoms with Crippen LogP contribution in [0.1, 0.15) is 0 Å². The minimum absolute atomic E-state index is 0.654. The molecule has 0 saturated carbocycles. The van der Waals surface area contributed by atoms with Crippen molar-refractivity contribution < 1.29 is 0 Å². The minimum Gasteiger partial charge on any atom is -0.300 e. The molecule has 0 aliphatic carbocycles. The Kier molecular flexibility index (Phi) is 4.27. The van der Waals surface area contributed by atoms with Crippen LogP contribution in [0.15, 0.2) is 128 Å². The van der Waals surface area contributed by atoms with E-state index in [9.17, 15) is 0 Å². The first-order valence-corrected chi connectivity index (χ1v) is 13.4. The molecule has 4 heterocycles. The lowest BCUT2D eigenvalue weighted by Crippen LogP contribution is -2.03. The van der Waals surface area contributed by atoms with Crippen LogP contribution >= 0.6 is 0 Å². The van der Waals surface area contributed by atoms with Crippen LogP contribution in [0.5, 0.6) is 0 Å². The predicted molar refractivity (Wildman–Crippen MR) is 163 cm³/mol. The normalized spacial score (nSPS) is 12.0. The minimum atomic E-state index is 0.654. The third-order valence-electron chi connectivity index (χ3n) is 7.92. The van der Waals surface area contributed by atoms with Gasteiger partial charge in [0, 0.05) is 27.9 Å². The number of fused-ring (bicyclic) bond motifs is 9. The lowest BCUT2D eigenvalue weighted by atomic mass is 10.0. The molecular weight excluding hydrogens is 490 g/mol. The number of para-hydroxylation sites is 1. The van der Waals surface area contributed by atoms with Crippen LogP contribution in [0.25, 0.3) is 77.4 Å². The van der Waals surface area contributed by atoms with E-state index in [1.165, 1.54) is 16.2 Å². The Bertz CT molecular complexity index is 2430. The summed E-state index contributed by atoms with van der Waals surface area (Å²) >= 11 is 0. The fraction of sp³-hybridized carbons (Fsp3) is 0. The summed E-state index contributed by atoms with van der Waals surface area (Å²) in [5.74, 6) is 0.654. The molecule has 0 spiro atoms. The van der Waals surface area contributed by atoms with Gasteiger partial charge in [0.2, 0.25) is 5.95 Å². The average Bonchev–Trinajstić information content (AvgIpc) is 3.54. The number of rotatable bonds is 2. The van der Waals surface area contributed by atoms with Gasteiger partial charge in [-0.05, 0) is 47.2 Å². The molecule has 9 rings (SSSR count). The number of aromatic nitrogens is 5. The monoisotopic (exact) mass is 511 g/mol. The van der Waals surface area contributed by atoms with Crippen LogP contribution in [0.3, 0.4) is 0 Å². The molecule has 5 heteroatoms. The van der Waals surface area contributed by atoms with Gasteiger partial charge in [0.1, 0.15) is 5.65 Å². The second-order valence-electron chi connectivity index (χ2n) is 10.2. The number of benzene rings is 5. The van der Waals surface area contributed by atoms with E-state index in [-0.39, 0.29) is 0 Å². The molecule has 40 heavy (non-hydrogen) atoms. The van der Waals surface area contributed by atoms with Gasteiger partial charge in [-0.3, -0.25) is 8.97 Å². The SMILES string of the molecule is c1ccc(-c2nc(-n3c4cc5c(cc4c4c6ccccc6ccc43)nc3ccccn35)nc3ccccc23)cc1. The summed E-state index contributed by atoms with van der Waals surface area (Å²) in [5, 5.41) is 5.77. The van der Waals surface area contributed by atoms with E-state index < -0.39 is 0 Å².